The first kappa shape index (κ1) is 17.7. The van der Waals surface area contributed by atoms with Crippen LogP contribution in [0.5, 0.6) is 0 Å². The summed E-state index contributed by atoms with van der Waals surface area (Å²) in [4.78, 5) is 19.0. The number of amides is 1. The maximum atomic E-state index is 14.1. The molecule has 1 atom stereocenters. The van der Waals surface area contributed by atoms with E-state index >= 15 is 0 Å². The Labute approximate surface area is 158 Å². The predicted molar refractivity (Wildman–Crippen MR) is 103 cm³/mol. The molecule has 3 aromatic rings. The highest BCUT2D eigenvalue weighted by atomic mass is 19.1. The standard InChI is InChI=1S/C22H23FN2O2/c1-2-3-10-21(26)25-13-6-9-19(25)22-24-18-14-15(11-12-20(18)27-22)16-7-4-5-8-17(16)23/h4-5,7-8,11-12,14,19H,2-3,6,9-10,13H2,1H3/t19-/m0/s1. The van der Waals surface area contributed by atoms with Crippen LogP contribution in [-0.4, -0.2) is 22.3 Å². The van der Waals surface area contributed by atoms with E-state index in [1.807, 2.05) is 29.2 Å². The molecule has 1 amide bonds. The maximum Gasteiger partial charge on any atom is 0.223 e. The zero-order valence-corrected chi connectivity index (χ0v) is 15.5. The van der Waals surface area contributed by atoms with Gasteiger partial charge in [-0.25, -0.2) is 9.37 Å². The number of likely N-dealkylation sites (tertiary alicyclic amines) is 1. The molecule has 5 heteroatoms. The van der Waals surface area contributed by atoms with Gasteiger partial charge in [-0.3, -0.25) is 4.79 Å². The molecule has 0 unspecified atom stereocenters. The van der Waals surface area contributed by atoms with Gasteiger partial charge < -0.3 is 9.32 Å². The van der Waals surface area contributed by atoms with Crippen LogP contribution >= 0.6 is 0 Å². The molecule has 0 radical (unpaired) electrons. The van der Waals surface area contributed by atoms with Gasteiger partial charge in [0.1, 0.15) is 17.4 Å². The van der Waals surface area contributed by atoms with Crippen LogP contribution in [0.15, 0.2) is 46.9 Å². The molecule has 4 nitrogen and oxygen atoms in total. The SMILES string of the molecule is CCCCC(=O)N1CCC[C@H]1c1nc2cc(-c3ccccc3F)ccc2o1. The third kappa shape index (κ3) is 3.46. The summed E-state index contributed by atoms with van der Waals surface area (Å²) >= 11 is 0. The molecule has 1 saturated heterocycles. The number of rotatable bonds is 5. The summed E-state index contributed by atoms with van der Waals surface area (Å²) in [5.74, 6) is 0.496. The second-order valence-electron chi connectivity index (χ2n) is 7.06. The van der Waals surface area contributed by atoms with Crippen LogP contribution in [0.4, 0.5) is 4.39 Å². The second kappa shape index (κ2) is 7.51. The van der Waals surface area contributed by atoms with Crippen LogP contribution < -0.4 is 0 Å². The zero-order chi connectivity index (χ0) is 18.8. The van der Waals surface area contributed by atoms with Crippen LogP contribution in [0.25, 0.3) is 22.2 Å². The van der Waals surface area contributed by atoms with Crippen LogP contribution in [0.3, 0.4) is 0 Å². The van der Waals surface area contributed by atoms with Gasteiger partial charge in [0.25, 0.3) is 0 Å². The molecular weight excluding hydrogens is 343 g/mol. The summed E-state index contributed by atoms with van der Waals surface area (Å²) in [5, 5.41) is 0. The maximum absolute atomic E-state index is 14.1. The minimum Gasteiger partial charge on any atom is -0.438 e. The fourth-order valence-electron chi connectivity index (χ4n) is 3.74. The van der Waals surface area contributed by atoms with E-state index in [9.17, 15) is 9.18 Å². The Balaban J connectivity index is 1.63. The summed E-state index contributed by atoms with van der Waals surface area (Å²) < 4.78 is 20.0. The molecule has 1 aliphatic rings. The number of hydrogen-bond acceptors (Lipinski definition) is 3. The molecule has 1 aliphatic heterocycles. The van der Waals surface area contributed by atoms with Crippen LogP contribution in [0, 0.1) is 5.82 Å². The lowest BCUT2D eigenvalue weighted by atomic mass is 10.0. The molecule has 140 valence electrons. The number of oxazole rings is 1. The van der Waals surface area contributed by atoms with E-state index in [4.69, 9.17) is 4.42 Å². The zero-order valence-electron chi connectivity index (χ0n) is 15.5. The molecular formula is C22H23FN2O2. The summed E-state index contributed by atoms with van der Waals surface area (Å²) in [5.41, 5.74) is 2.67. The Morgan fingerprint density at radius 1 is 1.30 bits per heavy atom. The number of benzene rings is 2. The molecule has 2 heterocycles. The number of carbonyl (C=O) groups is 1. The Kier molecular flexibility index (Phi) is 4.92. The topological polar surface area (TPSA) is 46.3 Å². The Hall–Kier alpha value is -2.69. The highest BCUT2D eigenvalue weighted by Gasteiger charge is 2.33. The van der Waals surface area contributed by atoms with Crippen molar-refractivity contribution in [3.05, 3.63) is 54.2 Å². The summed E-state index contributed by atoms with van der Waals surface area (Å²) in [6, 6.07) is 12.1. The van der Waals surface area contributed by atoms with Gasteiger partial charge >= 0.3 is 0 Å². The fourth-order valence-corrected chi connectivity index (χ4v) is 3.74. The highest BCUT2D eigenvalue weighted by molar-refractivity contribution is 5.81. The van der Waals surface area contributed by atoms with Gasteiger partial charge in [-0.1, -0.05) is 37.6 Å². The average Bonchev–Trinajstić information content (AvgIpc) is 3.32. The minimum atomic E-state index is -0.260. The fraction of sp³-hybridized carbons (Fsp3) is 0.364. The van der Waals surface area contributed by atoms with Gasteiger partial charge in [-0.05, 0) is 43.0 Å². The molecule has 0 bridgehead atoms. The first-order chi connectivity index (χ1) is 13.2. The van der Waals surface area contributed by atoms with Crippen LogP contribution in [0.1, 0.15) is 51.0 Å². The van der Waals surface area contributed by atoms with E-state index in [0.29, 0.717) is 29.0 Å². The van der Waals surface area contributed by atoms with E-state index in [0.717, 1.165) is 37.8 Å². The van der Waals surface area contributed by atoms with Crippen molar-refractivity contribution in [3.8, 4) is 11.1 Å². The van der Waals surface area contributed by atoms with Gasteiger partial charge in [-0.15, -0.1) is 0 Å². The molecule has 1 aromatic heterocycles. The molecule has 2 aromatic carbocycles. The number of unbranched alkanes of at least 4 members (excludes halogenated alkanes) is 1. The summed E-state index contributed by atoms with van der Waals surface area (Å²) in [6.07, 6.45) is 4.31. The van der Waals surface area contributed by atoms with Gasteiger partial charge in [0.2, 0.25) is 11.8 Å². The van der Waals surface area contributed by atoms with Gasteiger partial charge in [0, 0.05) is 18.5 Å². The van der Waals surface area contributed by atoms with Crippen molar-refractivity contribution in [1.29, 1.82) is 0 Å². The number of hydrogen-bond donors (Lipinski definition) is 0. The Morgan fingerprint density at radius 3 is 2.96 bits per heavy atom. The molecule has 0 N–H and O–H groups in total. The Bertz CT molecular complexity index is 966. The highest BCUT2D eigenvalue weighted by Crippen LogP contribution is 2.35. The van der Waals surface area contributed by atoms with E-state index in [2.05, 4.69) is 11.9 Å². The molecule has 4 rings (SSSR count). The Morgan fingerprint density at radius 2 is 2.15 bits per heavy atom. The molecule has 0 spiro atoms. The molecule has 0 aliphatic carbocycles. The van der Waals surface area contributed by atoms with Crippen molar-refractivity contribution in [2.45, 2.75) is 45.1 Å². The lowest BCUT2D eigenvalue weighted by molar-refractivity contribution is -0.132. The van der Waals surface area contributed by atoms with Crippen molar-refractivity contribution in [2.75, 3.05) is 6.54 Å². The van der Waals surface area contributed by atoms with E-state index in [1.54, 1.807) is 12.1 Å². The number of halogens is 1. The predicted octanol–water partition coefficient (Wildman–Crippen LogP) is 5.49. The summed E-state index contributed by atoms with van der Waals surface area (Å²) in [7, 11) is 0. The number of fused-ring (bicyclic) bond motifs is 1. The largest absolute Gasteiger partial charge is 0.438 e. The quantitative estimate of drug-likeness (QED) is 0.600. The summed E-state index contributed by atoms with van der Waals surface area (Å²) in [6.45, 7) is 2.84. The van der Waals surface area contributed by atoms with Crippen LogP contribution in [0.2, 0.25) is 0 Å². The molecule has 27 heavy (non-hydrogen) atoms. The third-order valence-corrected chi connectivity index (χ3v) is 5.19. The number of carbonyl (C=O) groups excluding carboxylic acids is 1. The van der Waals surface area contributed by atoms with E-state index < -0.39 is 0 Å². The second-order valence-corrected chi connectivity index (χ2v) is 7.06. The molecule has 1 fully saturated rings. The minimum absolute atomic E-state index is 0.0985. The van der Waals surface area contributed by atoms with Crippen molar-refractivity contribution in [2.24, 2.45) is 0 Å². The first-order valence-electron chi connectivity index (χ1n) is 9.62. The lowest BCUT2D eigenvalue weighted by Crippen LogP contribution is -2.30. The molecule has 0 saturated carbocycles. The first-order valence-corrected chi connectivity index (χ1v) is 9.62. The van der Waals surface area contributed by atoms with Crippen molar-refractivity contribution in [1.82, 2.24) is 9.88 Å². The van der Waals surface area contributed by atoms with Gasteiger partial charge in [0.15, 0.2) is 5.58 Å². The monoisotopic (exact) mass is 366 g/mol. The third-order valence-electron chi connectivity index (χ3n) is 5.19. The van der Waals surface area contributed by atoms with Crippen molar-refractivity contribution >= 4 is 17.0 Å². The van der Waals surface area contributed by atoms with Crippen molar-refractivity contribution < 1.29 is 13.6 Å². The number of aromatic nitrogens is 1. The van der Waals surface area contributed by atoms with Gasteiger partial charge in [0.05, 0.1) is 0 Å². The van der Waals surface area contributed by atoms with Crippen molar-refractivity contribution in [3.63, 3.8) is 0 Å². The average molecular weight is 366 g/mol. The van der Waals surface area contributed by atoms with E-state index in [-0.39, 0.29) is 17.8 Å². The van der Waals surface area contributed by atoms with Crippen LogP contribution in [-0.2, 0) is 4.79 Å². The number of nitrogens with zero attached hydrogens (tertiary/aromatic N) is 2. The van der Waals surface area contributed by atoms with Gasteiger partial charge in [-0.2, -0.15) is 0 Å². The van der Waals surface area contributed by atoms with E-state index in [1.165, 1.54) is 6.07 Å². The lowest BCUT2D eigenvalue weighted by Gasteiger charge is -2.22. The smallest absolute Gasteiger partial charge is 0.223 e. The normalized spacial score (nSPS) is 17.0.